The highest BCUT2D eigenvalue weighted by Crippen LogP contribution is 2.28. The summed E-state index contributed by atoms with van der Waals surface area (Å²) in [5.41, 5.74) is 0. The summed E-state index contributed by atoms with van der Waals surface area (Å²) in [7, 11) is 0. The van der Waals surface area contributed by atoms with Gasteiger partial charge in [0, 0.05) is 34.6 Å². The van der Waals surface area contributed by atoms with Crippen LogP contribution in [0.2, 0.25) is 0 Å². The minimum Gasteiger partial charge on any atom is -0.463 e. The zero-order valence-electron chi connectivity index (χ0n) is 17.1. The summed E-state index contributed by atoms with van der Waals surface area (Å²) in [5, 5.41) is 4.78. The third-order valence-electron chi connectivity index (χ3n) is 3.55. The lowest BCUT2D eigenvalue weighted by Gasteiger charge is -2.44. The standard InChI is InChI=1S/C17H24N2O10S/c1-7(20)18-17(30)19-16-15(28-11(5)24)14(27-10(4)23)13(26-9(3)22)12(29-16)6-25-8(2)21/h12-16H,6H2,1-5H3,(H2,18,19,20,30)/t12-,13-,14+,15-,16-/m1/s1. The third kappa shape index (κ3) is 8.29. The lowest BCUT2D eigenvalue weighted by Crippen LogP contribution is -2.66. The van der Waals surface area contributed by atoms with Crippen LogP contribution in [0.1, 0.15) is 34.6 Å². The molecule has 13 heteroatoms. The Morgan fingerprint density at radius 3 is 1.77 bits per heavy atom. The average molecular weight is 448 g/mol. The first-order chi connectivity index (χ1) is 13.9. The monoisotopic (exact) mass is 448 g/mol. The van der Waals surface area contributed by atoms with E-state index in [2.05, 4.69) is 10.6 Å². The number of nitrogens with one attached hydrogen (secondary N) is 2. The maximum absolute atomic E-state index is 11.7. The van der Waals surface area contributed by atoms with Crippen molar-refractivity contribution in [1.29, 1.82) is 0 Å². The van der Waals surface area contributed by atoms with Crippen molar-refractivity contribution in [2.45, 2.75) is 65.3 Å². The molecule has 1 aliphatic heterocycles. The third-order valence-corrected chi connectivity index (χ3v) is 3.77. The van der Waals surface area contributed by atoms with Gasteiger partial charge in [0.2, 0.25) is 5.91 Å². The van der Waals surface area contributed by atoms with Gasteiger partial charge >= 0.3 is 23.9 Å². The second-order valence-corrected chi connectivity index (χ2v) is 6.68. The molecule has 1 fully saturated rings. The summed E-state index contributed by atoms with van der Waals surface area (Å²) in [4.78, 5) is 57.4. The van der Waals surface area contributed by atoms with E-state index in [0.717, 1.165) is 27.7 Å². The van der Waals surface area contributed by atoms with Crippen molar-refractivity contribution < 1.29 is 47.7 Å². The smallest absolute Gasteiger partial charge is 0.303 e. The van der Waals surface area contributed by atoms with Gasteiger partial charge in [-0.05, 0) is 12.2 Å². The molecule has 12 nitrogen and oxygen atoms in total. The van der Waals surface area contributed by atoms with Crippen LogP contribution in [-0.2, 0) is 47.7 Å². The highest BCUT2D eigenvalue weighted by atomic mass is 32.1. The molecule has 0 saturated carbocycles. The van der Waals surface area contributed by atoms with E-state index in [9.17, 15) is 24.0 Å². The van der Waals surface area contributed by atoms with E-state index in [-0.39, 0.29) is 11.7 Å². The van der Waals surface area contributed by atoms with Crippen molar-refractivity contribution in [3.8, 4) is 0 Å². The fourth-order valence-corrected chi connectivity index (χ4v) is 2.93. The fourth-order valence-electron chi connectivity index (χ4n) is 2.67. The summed E-state index contributed by atoms with van der Waals surface area (Å²) in [6, 6.07) is 0. The topological polar surface area (TPSA) is 156 Å². The Labute approximate surface area is 177 Å². The fraction of sp³-hybridized carbons (Fsp3) is 0.647. The SMILES string of the molecule is CC(=O)NC(=S)N[C@@H]1O[C@H](COC(C)=O)[C@@H](OC(C)=O)[C@H](OC(C)=O)[C@H]1OC(C)=O. The highest BCUT2D eigenvalue weighted by molar-refractivity contribution is 7.80. The molecule has 2 N–H and O–H groups in total. The molecule has 0 unspecified atom stereocenters. The average Bonchev–Trinajstić information content (AvgIpc) is 2.56. The van der Waals surface area contributed by atoms with Crippen LogP contribution >= 0.6 is 12.2 Å². The minimum atomic E-state index is -1.33. The van der Waals surface area contributed by atoms with Crippen LogP contribution in [0.15, 0.2) is 0 Å². The molecule has 1 aliphatic rings. The molecule has 1 amide bonds. The molecular formula is C17H24N2O10S. The van der Waals surface area contributed by atoms with E-state index in [1.165, 1.54) is 6.92 Å². The summed E-state index contributed by atoms with van der Waals surface area (Å²) >= 11 is 5.01. The highest BCUT2D eigenvalue weighted by Gasteiger charge is 2.52. The van der Waals surface area contributed by atoms with Crippen LogP contribution < -0.4 is 10.6 Å². The molecule has 0 radical (unpaired) electrons. The van der Waals surface area contributed by atoms with Crippen molar-refractivity contribution in [2.75, 3.05) is 6.61 Å². The van der Waals surface area contributed by atoms with Crippen molar-refractivity contribution in [3.63, 3.8) is 0 Å². The minimum absolute atomic E-state index is 0.164. The van der Waals surface area contributed by atoms with E-state index in [0.29, 0.717) is 0 Å². The van der Waals surface area contributed by atoms with Crippen molar-refractivity contribution in [3.05, 3.63) is 0 Å². The Morgan fingerprint density at radius 2 is 1.30 bits per heavy atom. The summed E-state index contributed by atoms with van der Waals surface area (Å²) in [5.74, 6) is -3.36. The Balaban J connectivity index is 3.32. The normalized spacial score (nSPS) is 25.3. The van der Waals surface area contributed by atoms with E-state index >= 15 is 0 Å². The molecule has 0 aromatic heterocycles. The maximum Gasteiger partial charge on any atom is 0.303 e. The number of carbonyl (C=O) groups is 5. The van der Waals surface area contributed by atoms with Gasteiger partial charge in [0.1, 0.15) is 12.7 Å². The van der Waals surface area contributed by atoms with Crippen LogP contribution in [0.25, 0.3) is 0 Å². The number of carbonyl (C=O) groups excluding carboxylic acids is 5. The molecule has 0 aliphatic carbocycles. The molecule has 1 saturated heterocycles. The number of hydrogen-bond donors (Lipinski definition) is 2. The lowest BCUT2D eigenvalue weighted by molar-refractivity contribution is -0.254. The van der Waals surface area contributed by atoms with Gasteiger partial charge in [-0.3, -0.25) is 24.0 Å². The predicted octanol–water partition coefficient (Wildman–Crippen LogP) is -0.920. The van der Waals surface area contributed by atoms with Crippen molar-refractivity contribution >= 4 is 47.1 Å². The van der Waals surface area contributed by atoms with E-state index in [4.69, 9.17) is 35.9 Å². The zero-order chi connectivity index (χ0) is 23.0. The van der Waals surface area contributed by atoms with Crippen LogP contribution in [0, 0.1) is 0 Å². The maximum atomic E-state index is 11.7. The van der Waals surface area contributed by atoms with E-state index < -0.39 is 60.4 Å². The summed E-state index contributed by atoms with van der Waals surface area (Å²) < 4.78 is 26.4. The molecule has 0 aromatic carbocycles. The van der Waals surface area contributed by atoms with Crippen LogP contribution in [0.5, 0.6) is 0 Å². The second-order valence-electron chi connectivity index (χ2n) is 6.27. The van der Waals surface area contributed by atoms with Gasteiger partial charge in [-0.25, -0.2) is 0 Å². The van der Waals surface area contributed by atoms with E-state index in [1.807, 2.05) is 0 Å². The first-order valence-corrected chi connectivity index (χ1v) is 9.20. The van der Waals surface area contributed by atoms with Gasteiger partial charge in [-0.1, -0.05) is 0 Å². The number of amides is 1. The molecule has 168 valence electrons. The quantitative estimate of drug-likeness (QED) is 0.293. The lowest BCUT2D eigenvalue weighted by atomic mass is 9.97. The van der Waals surface area contributed by atoms with Crippen LogP contribution in [-0.4, -0.2) is 72.1 Å². The number of ether oxygens (including phenoxy) is 5. The van der Waals surface area contributed by atoms with Gasteiger partial charge < -0.3 is 34.3 Å². The van der Waals surface area contributed by atoms with Gasteiger partial charge in [-0.2, -0.15) is 0 Å². The van der Waals surface area contributed by atoms with Crippen molar-refractivity contribution in [2.24, 2.45) is 0 Å². The number of thiocarbonyl (C=S) groups is 1. The predicted molar refractivity (Wildman–Crippen MR) is 102 cm³/mol. The molecule has 1 heterocycles. The van der Waals surface area contributed by atoms with Gasteiger partial charge in [0.15, 0.2) is 29.7 Å². The summed E-state index contributed by atoms with van der Waals surface area (Å²) in [6.45, 7) is 5.35. The molecule has 0 bridgehead atoms. The number of esters is 4. The molecule has 5 atom stereocenters. The number of hydrogen-bond acceptors (Lipinski definition) is 11. The molecule has 30 heavy (non-hydrogen) atoms. The number of rotatable bonds is 6. The first kappa shape index (κ1) is 25.2. The second kappa shape index (κ2) is 11.4. The Hall–Kier alpha value is -2.80. The zero-order valence-corrected chi connectivity index (χ0v) is 17.9. The Bertz CT molecular complexity index is 713. The van der Waals surface area contributed by atoms with E-state index in [1.54, 1.807) is 0 Å². The summed E-state index contributed by atoms with van der Waals surface area (Å²) in [6.07, 6.45) is -6.29. The van der Waals surface area contributed by atoms with Gasteiger partial charge in [0.25, 0.3) is 0 Å². The largest absolute Gasteiger partial charge is 0.463 e. The molecule has 0 aromatic rings. The molecule has 0 spiro atoms. The van der Waals surface area contributed by atoms with Gasteiger partial charge in [-0.15, -0.1) is 0 Å². The Morgan fingerprint density at radius 1 is 0.800 bits per heavy atom. The van der Waals surface area contributed by atoms with Gasteiger partial charge in [0.05, 0.1) is 0 Å². The van der Waals surface area contributed by atoms with Crippen LogP contribution in [0.3, 0.4) is 0 Å². The molecular weight excluding hydrogens is 424 g/mol. The molecule has 1 rings (SSSR count). The van der Waals surface area contributed by atoms with Crippen molar-refractivity contribution in [1.82, 2.24) is 10.6 Å². The Kier molecular flexibility index (Phi) is 9.59. The van der Waals surface area contributed by atoms with Crippen LogP contribution in [0.4, 0.5) is 0 Å². The first-order valence-electron chi connectivity index (χ1n) is 8.79.